The number of hydrogen-bond acceptors (Lipinski definition) is 9. The first-order chi connectivity index (χ1) is 18.2. The molecular weight excluding hydrogens is 506 g/mol. The lowest BCUT2D eigenvalue weighted by atomic mass is 9.98. The number of esters is 1. The number of rotatable bonds is 5. The van der Waals surface area contributed by atoms with Gasteiger partial charge in [0.15, 0.2) is 5.82 Å². The molecule has 1 aromatic heterocycles. The maximum atomic E-state index is 13.2. The van der Waals surface area contributed by atoms with Crippen molar-refractivity contribution in [2.45, 2.75) is 71.7 Å². The van der Waals surface area contributed by atoms with Crippen LogP contribution in [-0.4, -0.2) is 53.5 Å². The van der Waals surface area contributed by atoms with Crippen LogP contribution in [-0.2, 0) is 35.1 Å². The van der Waals surface area contributed by atoms with Crippen molar-refractivity contribution in [3.8, 4) is 0 Å². The molecule has 11 nitrogen and oxygen atoms in total. The Morgan fingerprint density at radius 3 is 2.15 bits per heavy atom. The quantitative estimate of drug-likeness (QED) is 0.317. The number of imide groups is 1. The van der Waals surface area contributed by atoms with Crippen molar-refractivity contribution in [1.82, 2.24) is 4.98 Å². The van der Waals surface area contributed by atoms with Crippen molar-refractivity contribution in [3.05, 3.63) is 53.7 Å². The third-order valence-electron chi connectivity index (χ3n) is 5.28. The van der Waals surface area contributed by atoms with Crippen molar-refractivity contribution in [2.24, 2.45) is 0 Å². The van der Waals surface area contributed by atoms with Gasteiger partial charge in [0.2, 0.25) is 0 Å². The van der Waals surface area contributed by atoms with Gasteiger partial charge >= 0.3 is 24.1 Å². The van der Waals surface area contributed by atoms with Crippen LogP contribution >= 0.6 is 0 Å². The van der Waals surface area contributed by atoms with Crippen molar-refractivity contribution in [1.29, 1.82) is 0 Å². The molecule has 3 amide bonds. The Morgan fingerprint density at radius 1 is 1.00 bits per heavy atom. The molecule has 1 unspecified atom stereocenters. The van der Waals surface area contributed by atoms with Crippen LogP contribution in [0.4, 0.5) is 21.1 Å². The van der Waals surface area contributed by atoms with E-state index < -0.39 is 35.3 Å². The molecule has 0 spiro atoms. The molecule has 0 saturated carbocycles. The predicted octanol–water partition coefficient (Wildman–Crippen LogP) is 4.94. The zero-order chi connectivity index (χ0) is 28.8. The normalized spacial score (nSPS) is 15.3. The van der Waals surface area contributed by atoms with Gasteiger partial charge in [0, 0.05) is 18.1 Å². The molecule has 1 fully saturated rings. The monoisotopic (exact) mass is 541 g/mol. The zero-order valence-corrected chi connectivity index (χ0v) is 23.1. The van der Waals surface area contributed by atoms with Crippen molar-refractivity contribution in [2.75, 3.05) is 23.4 Å². The fourth-order valence-electron chi connectivity index (χ4n) is 3.64. The summed E-state index contributed by atoms with van der Waals surface area (Å²) >= 11 is 0. The lowest BCUT2D eigenvalue weighted by Crippen LogP contribution is -2.44. The minimum Gasteiger partial charge on any atom is -0.454 e. The van der Waals surface area contributed by atoms with Crippen LogP contribution in [0, 0.1) is 0 Å². The highest BCUT2D eigenvalue weighted by molar-refractivity contribution is 6.37. The molecule has 2 heterocycles. The van der Waals surface area contributed by atoms with Gasteiger partial charge in [-0.15, -0.1) is 0 Å². The molecule has 3 rings (SSSR count). The maximum Gasteiger partial charge on any atom is 0.425 e. The van der Waals surface area contributed by atoms with E-state index in [1.807, 2.05) is 6.07 Å². The molecule has 1 N–H and O–H groups in total. The molecule has 0 aliphatic carbocycles. The number of benzene rings is 1. The summed E-state index contributed by atoms with van der Waals surface area (Å²) < 4.78 is 21.6. The van der Waals surface area contributed by atoms with Crippen LogP contribution in [0.1, 0.15) is 65.0 Å². The highest BCUT2D eigenvalue weighted by atomic mass is 16.6. The predicted molar refractivity (Wildman–Crippen MR) is 142 cm³/mol. The van der Waals surface area contributed by atoms with Crippen LogP contribution < -0.4 is 10.2 Å². The van der Waals surface area contributed by atoms with Gasteiger partial charge in [0.1, 0.15) is 17.8 Å². The molecule has 210 valence electrons. The smallest absolute Gasteiger partial charge is 0.425 e. The van der Waals surface area contributed by atoms with E-state index in [0.29, 0.717) is 25.2 Å². The Balaban J connectivity index is 1.89. The van der Waals surface area contributed by atoms with E-state index in [-0.39, 0.29) is 24.0 Å². The van der Waals surface area contributed by atoms with Crippen molar-refractivity contribution >= 4 is 35.6 Å². The van der Waals surface area contributed by atoms with Gasteiger partial charge in [-0.25, -0.2) is 19.4 Å². The third kappa shape index (κ3) is 8.78. The first kappa shape index (κ1) is 29.6. The van der Waals surface area contributed by atoms with Gasteiger partial charge in [-0.3, -0.25) is 4.79 Å². The van der Waals surface area contributed by atoms with E-state index in [9.17, 15) is 19.2 Å². The molecule has 1 aromatic carbocycles. The molecule has 0 bridgehead atoms. The van der Waals surface area contributed by atoms with E-state index in [1.54, 1.807) is 71.9 Å². The second kappa shape index (κ2) is 12.2. The first-order valence-electron chi connectivity index (χ1n) is 12.6. The minimum absolute atomic E-state index is 0.0151. The van der Waals surface area contributed by atoms with E-state index in [2.05, 4.69) is 10.3 Å². The number of nitrogens with one attached hydrogen (secondary N) is 1. The first-order valence-corrected chi connectivity index (χ1v) is 12.6. The van der Waals surface area contributed by atoms with Crippen molar-refractivity contribution < 1.29 is 38.1 Å². The number of carbonyl (C=O) groups excluding carboxylic acids is 4. The number of ether oxygens (including phenoxy) is 4. The molecular formula is C28H35N3O8. The molecule has 0 radical (unpaired) electrons. The van der Waals surface area contributed by atoms with Crippen LogP contribution in [0.15, 0.2) is 42.6 Å². The number of carbonyl (C=O) groups is 4. The second-order valence-electron chi connectivity index (χ2n) is 11.0. The molecule has 1 atom stereocenters. The Hall–Kier alpha value is -3.99. The Bertz CT molecular complexity index is 1170. The molecule has 1 aliphatic rings. The molecule has 11 heteroatoms. The number of anilines is 2. The van der Waals surface area contributed by atoms with Crippen molar-refractivity contribution in [3.63, 3.8) is 0 Å². The van der Waals surface area contributed by atoms with Crippen LogP contribution in [0.5, 0.6) is 0 Å². The number of pyridine rings is 1. The van der Waals surface area contributed by atoms with E-state index in [4.69, 9.17) is 18.9 Å². The summed E-state index contributed by atoms with van der Waals surface area (Å²) in [5.41, 5.74) is -0.447. The number of amides is 3. The number of nitrogens with zero attached hydrogens (tertiary/aromatic N) is 2. The summed E-state index contributed by atoms with van der Waals surface area (Å²) in [6.45, 7) is 10.8. The van der Waals surface area contributed by atoms with Gasteiger partial charge in [-0.05, 0) is 59.6 Å². The van der Waals surface area contributed by atoms with Crippen LogP contribution in [0.25, 0.3) is 0 Å². The fourth-order valence-corrected chi connectivity index (χ4v) is 3.64. The van der Waals surface area contributed by atoms with Gasteiger partial charge in [0.25, 0.3) is 0 Å². The molecule has 2 aromatic rings. The summed E-state index contributed by atoms with van der Waals surface area (Å²) in [5, 5.41) is 2.48. The molecule has 1 saturated heterocycles. The van der Waals surface area contributed by atoms with Gasteiger partial charge in [0.05, 0.1) is 18.5 Å². The average Bonchev–Trinajstić information content (AvgIpc) is 3.36. The third-order valence-corrected chi connectivity index (χ3v) is 5.28. The average molecular weight is 542 g/mol. The number of hydrogen-bond donors (Lipinski definition) is 1. The summed E-state index contributed by atoms with van der Waals surface area (Å²) in [5.74, 6) is -2.33. The fraction of sp³-hybridized carbons (Fsp3) is 0.464. The minimum atomic E-state index is -1.07. The van der Waals surface area contributed by atoms with E-state index in [1.165, 1.54) is 6.20 Å². The summed E-state index contributed by atoms with van der Waals surface area (Å²) in [7, 11) is 0. The summed E-state index contributed by atoms with van der Waals surface area (Å²) in [4.78, 5) is 56.3. The van der Waals surface area contributed by atoms with E-state index in [0.717, 1.165) is 10.5 Å². The highest BCUT2D eigenvalue weighted by Crippen LogP contribution is 2.35. The highest BCUT2D eigenvalue weighted by Gasteiger charge is 2.37. The number of aromatic nitrogens is 1. The van der Waals surface area contributed by atoms with Crippen LogP contribution in [0.2, 0.25) is 0 Å². The van der Waals surface area contributed by atoms with Gasteiger partial charge in [-0.1, -0.05) is 30.3 Å². The van der Waals surface area contributed by atoms with Gasteiger partial charge < -0.3 is 24.3 Å². The standard InChI is InChI=1S/C28H35N3O8/c1-27(2,3)38-25(34)31(26(35)39-28(4,5)6)22-21(19-12-13-36-17-19)14-20(15-29-22)30-23(32)24(33)37-16-18-10-8-7-9-11-18/h7-11,14-15,19H,12-13,16-17H2,1-6H3,(H,30,32). The molecule has 1 aliphatic heterocycles. The Labute approximate surface area is 227 Å². The second-order valence-corrected chi connectivity index (χ2v) is 11.0. The Kier molecular flexibility index (Phi) is 9.28. The Morgan fingerprint density at radius 2 is 1.62 bits per heavy atom. The molecule has 39 heavy (non-hydrogen) atoms. The van der Waals surface area contributed by atoms with Gasteiger partial charge in [-0.2, -0.15) is 4.90 Å². The zero-order valence-electron chi connectivity index (χ0n) is 23.1. The maximum absolute atomic E-state index is 13.2. The van der Waals surface area contributed by atoms with E-state index >= 15 is 0 Å². The van der Waals surface area contributed by atoms with Crippen LogP contribution in [0.3, 0.4) is 0 Å². The summed E-state index contributed by atoms with van der Waals surface area (Å²) in [6.07, 6.45) is -0.114. The SMILES string of the molecule is CC(C)(C)OC(=O)N(C(=O)OC(C)(C)C)c1ncc(NC(=O)C(=O)OCc2ccccc2)cc1C1CCOC1. The lowest BCUT2D eigenvalue weighted by molar-refractivity contribution is -0.153. The topological polar surface area (TPSA) is 133 Å². The summed E-state index contributed by atoms with van der Waals surface area (Å²) in [6, 6.07) is 10.5. The largest absolute Gasteiger partial charge is 0.454 e. The lowest BCUT2D eigenvalue weighted by Gasteiger charge is -2.29.